The number of hydrogen-bond donors (Lipinski definition) is 1. The maximum atomic E-state index is 13.7. The smallest absolute Gasteiger partial charge is 0.262 e. The number of halogens is 1. The Hall–Kier alpha value is -1.71. The number of hydrogen-bond acceptors (Lipinski definition) is 6. The molecular formula is C27H38ClN5O2S. The number of amides is 2. The minimum atomic E-state index is -0.528. The Kier molecular flexibility index (Phi) is 8.48. The van der Waals surface area contributed by atoms with Crippen molar-refractivity contribution in [1.82, 2.24) is 24.9 Å². The van der Waals surface area contributed by atoms with Crippen molar-refractivity contribution in [2.45, 2.75) is 44.2 Å². The number of thiophene rings is 1. The molecule has 1 atom stereocenters. The Balaban J connectivity index is 1.24. The molecule has 3 aliphatic rings. The van der Waals surface area contributed by atoms with Gasteiger partial charge in [0.25, 0.3) is 5.91 Å². The first-order valence-corrected chi connectivity index (χ1v) is 14.6. The second-order valence-electron chi connectivity index (χ2n) is 10.6. The minimum absolute atomic E-state index is 0.0566. The van der Waals surface area contributed by atoms with Crippen LogP contribution in [-0.4, -0.2) is 109 Å². The van der Waals surface area contributed by atoms with E-state index in [2.05, 4.69) is 27.1 Å². The molecule has 196 valence electrons. The monoisotopic (exact) mass is 531 g/mol. The van der Waals surface area contributed by atoms with Gasteiger partial charge in [0, 0.05) is 48.5 Å². The number of nitrogens with one attached hydrogen (secondary N) is 1. The van der Waals surface area contributed by atoms with Crippen molar-refractivity contribution >= 4 is 44.8 Å². The fourth-order valence-electron chi connectivity index (χ4n) is 5.82. The lowest BCUT2D eigenvalue weighted by molar-refractivity contribution is -0.136. The lowest BCUT2D eigenvalue weighted by atomic mass is 10.0. The number of fused-ring (bicyclic) bond motifs is 1. The van der Waals surface area contributed by atoms with Gasteiger partial charge in [0.15, 0.2) is 0 Å². The molecule has 2 amide bonds. The Morgan fingerprint density at radius 1 is 1.00 bits per heavy atom. The van der Waals surface area contributed by atoms with Gasteiger partial charge in [-0.2, -0.15) is 0 Å². The van der Waals surface area contributed by atoms with Crippen molar-refractivity contribution in [3.05, 3.63) is 34.2 Å². The first-order chi connectivity index (χ1) is 17.5. The largest absolute Gasteiger partial charge is 0.338 e. The average molecular weight is 532 g/mol. The Bertz CT molecular complexity index is 1060. The van der Waals surface area contributed by atoms with Crippen LogP contribution in [0.25, 0.3) is 10.1 Å². The lowest BCUT2D eigenvalue weighted by Gasteiger charge is -2.43. The van der Waals surface area contributed by atoms with E-state index in [0.717, 1.165) is 75.3 Å². The normalized spacial score (nSPS) is 22.1. The zero-order valence-electron chi connectivity index (χ0n) is 21.3. The highest BCUT2D eigenvalue weighted by Gasteiger charge is 2.33. The highest BCUT2D eigenvalue weighted by atomic mass is 35.5. The summed E-state index contributed by atoms with van der Waals surface area (Å²) in [6, 6.07) is 7.66. The van der Waals surface area contributed by atoms with Crippen LogP contribution < -0.4 is 5.32 Å². The van der Waals surface area contributed by atoms with Crippen LogP contribution in [0.15, 0.2) is 24.3 Å². The molecule has 0 spiro atoms. The van der Waals surface area contributed by atoms with Gasteiger partial charge in [-0.3, -0.25) is 14.5 Å². The molecule has 0 aliphatic carbocycles. The Morgan fingerprint density at radius 2 is 1.72 bits per heavy atom. The molecule has 7 nitrogen and oxygen atoms in total. The van der Waals surface area contributed by atoms with Gasteiger partial charge < -0.3 is 20.0 Å². The molecule has 36 heavy (non-hydrogen) atoms. The third-order valence-electron chi connectivity index (χ3n) is 8.03. The van der Waals surface area contributed by atoms with Gasteiger partial charge >= 0.3 is 0 Å². The first kappa shape index (κ1) is 25.9. The van der Waals surface area contributed by atoms with E-state index in [9.17, 15) is 9.59 Å². The van der Waals surface area contributed by atoms with E-state index in [0.29, 0.717) is 22.5 Å². The van der Waals surface area contributed by atoms with Gasteiger partial charge in [-0.05, 0) is 82.5 Å². The number of benzene rings is 1. The molecule has 3 aliphatic heterocycles. The summed E-state index contributed by atoms with van der Waals surface area (Å²) in [7, 11) is 2.19. The molecule has 5 rings (SSSR count). The zero-order valence-corrected chi connectivity index (χ0v) is 22.8. The quantitative estimate of drug-likeness (QED) is 0.619. The summed E-state index contributed by atoms with van der Waals surface area (Å²) in [5.41, 5.74) is 0. The van der Waals surface area contributed by atoms with Crippen molar-refractivity contribution in [3.63, 3.8) is 0 Å². The molecule has 1 aromatic heterocycles. The van der Waals surface area contributed by atoms with Gasteiger partial charge in [-0.1, -0.05) is 24.1 Å². The molecular weight excluding hydrogens is 494 g/mol. The van der Waals surface area contributed by atoms with Gasteiger partial charge in [-0.25, -0.2) is 0 Å². The summed E-state index contributed by atoms with van der Waals surface area (Å²) < 4.78 is 0.983. The van der Waals surface area contributed by atoms with Crippen LogP contribution in [0, 0.1) is 0 Å². The zero-order chi connectivity index (χ0) is 25.1. The number of carbonyl (C=O) groups excluding carboxylic acids is 2. The fraction of sp³-hybridized carbons (Fsp3) is 0.630. The van der Waals surface area contributed by atoms with Crippen LogP contribution in [0.4, 0.5) is 0 Å². The maximum absolute atomic E-state index is 13.7. The Morgan fingerprint density at radius 3 is 2.44 bits per heavy atom. The average Bonchev–Trinajstić information content (AvgIpc) is 3.32. The Labute approximate surface area is 223 Å². The van der Waals surface area contributed by atoms with Crippen molar-refractivity contribution in [2.75, 3.05) is 66.0 Å². The molecule has 1 aromatic carbocycles. The van der Waals surface area contributed by atoms with Crippen molar-refractivity contribution < 1.29 is 9.59 Å². The SMILES string of the molecule is CN1CCC(N2CCN(C(=O)[C@@H](CN3CCCCC3)NC(=O)c3cc4ccc(Cl)cc4s3)CC2)CC1. The third kappa shape index (κ3) is 6.22. The maximum Gasteiger partial charge on any atom is 0.262 e. The molecule has 1 N–H and O–H groups in total. The summed E-state index contributed by atoms with van der Waals surface area (Å²) in [5.74, 6) is -0.117. The third-order valence-corrected chi connectivity index (χ3v) is 9.36. The van der Waals surface area contributed by atoms with Crippen LogP contribution in [0.3, 0.4) is 0 Å². The first-order valence-electron chi connectivity index (χ1n) is 13.4. The van der Waals surface area contributed by atoms with E-state index >= 15 is 0 Å². The predicted octanol–water partition coefficient (Wildman–Crippen LogP) is 3.38. The number of piperazine rings is 1. The molecule has 0 saturated carbocycles. The summed E-state index contributed by atoms with van der Waals surface area (Å²) in [4.78, 5) is 36.9. The lowest BCUT2D eigenvalue weighted by Crippen LogP contribution is -2.59. The number of nitrogens with zero attached hydrogens (tertiary/aromatic N) is 4. The minimum Gasteiger partial charge on any atom is -0.338 e. The summed E-state index contributed by atoms with van der Waals surface area (Å²) in [5, 5.41) is 4.78. The summed E-state index contributed by atoms with van der Waals surface area (Å²) >= 11 is 7.56. The van der Waals surface area contributed by atoms with Crippen molar-refractivity contribution in [1.29, 1.82) is 0 Å². The van der Waals surface area contributed by atoms with Crippen LogP contribution in [0.2, 0.25) is 5.02 Å². The molecule has 4 heterocycles. The molecule has 3 fully saturated rings. The standard InChI is InChI=1S/C27H38ClN5O2S/c1-30-11-7-22(8-12-30)32-13-15-33(16-14-32)27(35)23(19-31-9-3-2-4-10-31)29-26(34)25-17-20-5-6-21(28)18-24(20)36-25/h5-6,17-18,22-23H,2-4,7-16,19H2,1H3,(H,29,34)/t23-/m1/s1. The van der Waals surface area contributed by atoms with Crippen molar-refractivity contribution in [2.24, 2.45) is 0 Å². The molecule has 0 unspecified atom stereocenters. The fourth-order valence-corrected chi connectivity index (χ4v) is 7.06. The number of likely N-dealkylation sites (tertiary alicyclic amines) is 2. The number of piperidine rings is 2. The van der Waals surface area contributed by atoms with E-state index in [4.69, 9.17) is 11.6 Å². The predicted molar refractivity (Wildman–Crippen MR) is 147 cm³/mol. The van der Waals surface area contributed by atoms with Crippen LogP contribution in [-0.2, 0) is 4.79 Å². The van der Waals surface area contributed by atoms with E-state index in [1.165, 1.54) is 30.6 Å². The number of carbonyl (C=O) groups is 2. The molecule has 2 aromatic rings. The second-order valence-corrected chi connectivity index (χ2v) is 12.1. The molecule has 9 heteroatoms. The van der Waals surface area contributed by atoms with Gasteiger partial charge in [0.2, 0.25) is 5.91 Å². The molecule has 0 bridgehead atoms. The highest BCUT2D eigenvalue weighted by molar-refractivity contribution is 7.20. The van der Waals surface area contributed by atoms with Gasteiger partial charge in [0.1, 0.15) is 6.04 Å². The number of rotatable bonds is 6. The summed E-state index contributed by atoms with van der Waals surface area (Å²) in [6.45, 7) is 8.17. The van der Waals surface area contributed by atoms with Crippen LogP contribution >= 0.6 is 22.9 Å². The second kappa shape index (κ2) is 11.8. The van der Waals surface area contributed by atoms with E-state index in [1.807, 2.05) is 29.2 Å². The topological polar surface area (TPSA) is 59.1 Å². The molecule has 0 radical (unpaired) electrons. The van der Waals surface area contributed by atoms with Gasteiger partial charge in [0.05, 0.1) is 4.88 Å². The van der Waals surface area contributed by atoms with Crippen LogP contribution in [0.1, 0.15) is 41.8 Å². The van der Waals surface area contributed by atoms with Gasteiger partial charge in [-0.15, -0.1) is 11.3 Å². The highest BCUT2D eigenvalue weighted by Crippen LogP contribution is 2.28. The van der Waals surface area contributed by atoms with E-state index in [1.54, 1.807) is 0 Å². The summed E-state index contributed by atoms with van der Waals surface area (Å²) in [6.07, 6.45) is 5.96. The van der Waals surface area contributed by atoms with Crippen LogP contribution in [0.5, 0.6) is 0 Å². The van der Waals surface area contributed by atoms with E-state index < -0.39 is 6.04 Å². The molecule has 3 saturated heterocycles. The van der Waals surface area contributed by atoms with E-state index in [-0.39, 0.29) is 11.8 Å². The van der Waals surface area contributed by atoms with Crippen molar-refractivity contribution in [3.8, 4) is 0 Å².